The van der Waals surface area contributed by atoms with E-state index < -0.39 is 0 Å². The van der Waals surface area contributed by atoms with Crippen LogP contribution < -0.4 is 0 Å². The maximum atomic E-state index is 11.3. The average Bonchev–Trinajstić information content (AvgIpc) is 2.30. The Kier molecular flexibility index (Phi) is 3.68. The lowest BCUT2D eigenvalue weighted by Gasteiger charge is -2.10. The summed E-state index contributed by atoms with van der Waals surface area (Å²) in [7, 11) is 0. The predicted octanol–water partition coefficient (Wildman–Crippen LogP) is 1.47. The number of ketones is 1. The van der Waals surface area contributed by atoms with Crippen LogP contribution in [0.25, 0.3) is 0 Å². The number of carbonyl (C=O) groups is 2. The van der Waals surface area contributed by atoms with Crippen molar-refractivity contribution >= 4 is 11.8 Å². The smallest absolute Gasteiger partial charge is 0.309 e. The van der Waals surface area contributed by atoms with Gasteiger partial charge in [-0.25, -0.2) is 0 Å². The van der Waals surface area contributed by atoms with Gasteiger partial charge in [0.2, 0.25) is 0 Å². The van der Waals surface area contributed by atoms with Crippen LogP contribution in [0.5, 0.6) is 0 Å². The highest BCUT2D eigenvalue weighted by atomic mass is 16.5. The fourth-order valence-electron chi connectivity index (χ4n) is 1.36. The van der Waals surface area contributed by atoms with Crippen LogP contribution in [-0.2, 0) is 14.3 Å². The second-order valence-corrected chi connectivity index (χ2v) is 3.09. The molecule has 1 aliphatic carbocycles. The SMILES string of the molecule is CCOC(=O)C1CC=CC(=O)CC1. The molecule has 0 saturated carbocycles. The van der Waals surface area contributed by atoms with Crippen molar-refractivity contribution in [1.29, 1.82) is 0 Å². The molecule has 1 unspecified atom stereocenters. The van der Waals surface area contributed by atoms with Gasteiger partial charge in [0.1, 0.15) is 0 Å². The van der Waals surface area contributed by atoms with Crippen molar-refractivity contribution in [1.82, 2.24) is 0 Å². The van der Waals surface area contributed by atoms with E-state index in [0.29, 0.717) is 25.9 Å². The fourth-order valence-corrected chi connectivity index (χ4v) is 1.36. The Balaban J connectivity index is 2.48. The number of ether oxygens (including phenoxy) is 1. The molecule has 0 bridgehead atoms. The molecule has 72 valence electrons. The number of allylic oxidation sites excluding steroid dienone is 2. The van der Waals surface area contributed by atoms with Crippen LogP contribution in [0, 0.1) is 5.92 Å². The molecule has 0 spiro atoms. The molecule has 1 aliphatic rings. The molecule has 0 saturated heterocycles. The monoisotopic (exact) mass is 182 g/mol. The van der Waals surface area contributed by atoms with Crippen molar-refractivity contribution in [2.24, 2.45) is 5.92 Å². The van der Waals surface area contributed by atoms with Crippen molar-refractivity contribution in [3.8, 4) is 0 Å². The molecule has 1 atom stereocenters. The Morgan fingerprint density at radius 2 is 2.46 bits per heavy atom. The van der Waals surface area contributed by atoms with Gasteiger partial charge >= 0.3 is 5.97 Å². The zero-order valence-electron chi connectivity index (χ0n) is 7.79. The third-order valence-corrected chi connectivity index (χ3v) is 2.08. The predicted molar refractivity (Wildman–Crippen MR) is 48.1 cm³/mol. The zero-order chi connectivity index (χ0) is 9.68. The normalized spacial score (nSPS) is 22.5. The molecule has 0 aromatic heterocycles. The van der Waals surface area contributed by atoms with Crippen molar-refractivity contribution in [2.45, 2.75) is 26.2 Å². The molecule has 3 nitrogen and oxygen atoms in total. The molecule has 0 fully saturated rings. The van der Waals surface area contributed by atoms with Crippen LogP contribution in [0.3, 0.4) is 0 Å². The quantitative estimate of drug-likeness (QED) is 0.607. The van der Waals surface area contributed by atoms with E-state index in [0.717, 1.165) is 0 Å². The molecule has 0 aromatic carbocycles. The van der Waals surface area contributed by atoms with Gasteiger partial charge in [0.25, 0.3) is 0 Å². The summed E-state index contributed by atoms with van der Waals surface area (Å²) in [4.78, 5) is 22.3. The van der Waals surface area contributed by atoms with Gasteiger partial charge in [0.05, 0.1) is 12.5 Å². The van der Waals surface area contributed by atoms with Crippen LogP contribution in [-0.4, -0.2) is 18.4 Å². The highest BCUT2D eigenvalue weighted by Gasteiger charge is 2.20. The Hall–Kier alpha value is -1.12. The first-order valence-corrected chi connectivity index (χ1v) is 4.60. The molecular formula is C10H14O3. The first-order valence-electron chi connectivity index (χ1n) is 4.60. The summed E-state index contributed by atoms with van der Waals surface area (Å²) in [6.45, 7) is 2.20. The molecule has 0 aliphatic heterocycles. The van der Waals surface area contributed by atoms with Crippen LogP contribution >= 0.6 is 0 Å². The van der Waals surface area contributed by atoms with Gasteiger partial charge in [-0.1, -0.05) is 6.08 Å². The third kappa shape index (κ3) is 3.01. The fraction of sp³-hybridized carbons (Fsp3) is 0.600. The van der Waals surface area contributed by atoms with Crippen LogP contribution in [0.1, 0.15) is 26.2 Å². The summed E-state index contributed by atoms with van der Waals surface area (Å²) >= 11 is 0. The lowest BCUT2D eigenvalue weighted by Crippen LogP contribution is -2.17. The van der Waals surface area contributed by atoms with Crippen LogP contribution in [0.4, 0.5) is 0 Å². The first kappa shape index (κ1) is 9.96. The molecule has 0 amide bonds. The Bertz CT molecular complexity index is 230. The lowest BCUT2D eigenvalue weighted by molar-refractivity contribution is -0.148. The van der Waals surface area contributed by atoms with E-state index in [1.54, 1.807) is 19.1 Å². The number of rotatable bonds is 2. The van der Waals surface area contributed by atoms with Crippen LogP contribution in [0.2, 0.25) is 0 Å². The lowest BCUT2D eigenvalue weighted by atomic mass is 10.0. The summed E-state index contributed by atoms with van der Waals surface area (Å²) in [6, 6.07) is 0. The largest absolute Gasteiger partial charge is 0.466 e. The summed E-state index contributed by atoms with van der Waals surface area (Å²) in [6.07, 6.45) is 5.02. The Labute approximate surface area is 77.8 Å². The summed E-state index contributed by atoms with van der Waals surface area (Å²) < 4.78 is 4.89. The van der Waals surface area contributed by atoms with Crippen molar-refractivity contribution < 1.29 is 14.3 Å². The molecule has 0 aromatic rings. The highest BCUT2D eigenvalue weighted by molar-refractivity contribution is 5.90. The minimum Gasteiger partial charge on any atom is -0.466 e. The highest BCUT2D eigenvalue weighted by Crippen LogP contribution is 2.17. The van der Waals surface area contributed by atoms with Crippen molar-refractivity contribution in [2.75, 3.05) is 6.61 Å². The molecule has 0 N–H and O–H groups in total. The van der Waals surface area contributed by atoms with E-state index in [1.807, 2.05) is 0 Å². The second-order valence-electron chi connectivity index (χ2n) is 3.09. The molecule has 3 heteroatoms. The van der Waals surface area contributed by atoms with Gasteiger partial charge in [-0.3, -0.25) is 9.59 Å². The van der Waals surface area contributed by atoms with Gasteiger partial charge in [0.15, 0.2) is 5.78 Å². The van der Waals surface area contributed by atoms with E-state index in [2.05, 4.69) is 0 Å². The zero-order valence-corrected chi connectivity index (χ0v) is 7.79. The van der Waals surface area contributed by atoms with Crippen molar-refractivity contribution in [3.63, 3.8) is 0 Å². The van der Waals surface area contributed by atoms with Crippen molar-refractivity contribution in [3.05, 3.63) is 12.2 Å². The second kappa shape index (κ2) is 4.80. The molecule has 0 heterocycles. The van der Waals surface area contributed by atoms with Gasteiger partial charge in [0, 0.05) is 6.42 Å². The summed E-state index contributed by atoms with van der Waals surface area (Å²) in [5.41, 5.74) is 0. The first-order chi connectivity index (χ1) is 6.24. The number of esters is 1. The minimum absolute atomic E-state index is 0.104. The molecule has 13 heavy (non-hydrogen) atoms. The summed E-state index contributed by atoms with van der Waals surface area (Å²) in [5.74, 6) is -0.198. The maximum Gasteiger partial charge on any atom is 0.309 e. The Morgan fingerprint density at radius 3 is 3.15 bits per heavy atom. The van der Waals surface area contributed by atoms with Crippen LogP contribution in [0.15, 0.2) is 12.2 Å². The number of carbonyl (C=O) groups excluding carboxylic acids is 2. The molecular weight excluding hydrogens is 168 g/mol. The standard InChI is InChI=1S/C10H14O3/c1-2-13-10(12)8-4-3-5-9(11)7-6-8/h3,5,8H,2,4,6-7H2,1H3. The topological polar surface area (TPSA) is 43.4 Å². The van der Waals surface area contributed by atoms with Gasteiger partial charge < -0.3 is 4.74 Å². The van der Waals surface area contributed by atoms with Gasteiger partial charge in [-0.05, 0) is 25.8 Å². The molecule has 1 rings (SSSR count). The minimum atomic E-state index is -0.179. The van der Waals surface area contributed by atoms with E-state index >= 15 is 0 Å². The number of hydrogen-bond donors (Lipinski definition) is 0. The third-order valence-electron chi connectivity index (χ3n) is 2.08. The Morgan fingerprint density at radius 1 is 1.69 bits per heavy atom. The van der Waals surface area contributed by atoms with E-state index in [1.165, 1.54) is 0 Å². The average molecular weight is 182 g/mol. The molecule has 0 radical (unpaired) electrons. The van der Waals surface area contributed by atoms with E-state index in [4.69, 9.17) is 4.74 Å². The van der Waals surface area contributed by atoms with Gasteiger partial charge in [-0.15, -0.1) is 0 Å². The van der Waals surface area contributed by atoms with E-state index in [9.17, 15) is 9.59 Å². The maximum absolute atomic E-state index is 11.3. The van der Waals surface area contributed by atoms with E-state index in [-0.39, 0.29) is 17.7 Å². The summed E-state index contributed by atoms with van der Waals surface area (Å²) in [5, 5.41) is 0. The van der Waals surface area contributed by atoms with Gasteiger partial charge in [-0.2, -0.15) is 0 Å². The number of hydrogen-bond acceptors (Lipinski definition) is 3.